The summed E-state index contributed by atoms with van der Waals surface area (Å²) in [6.45, 7) is 0.925. The van der Waals surface area contributed by atoms with Crippen LogP contribution in [0.1, 0.15) is 35.0 Å². The zero-order chi connectivity index (χ0) is 21.4. The van der Waals surface area contributed by atoms with Crippen LogP contribution in [-0.4, -0.2) is 34.1 Å². The first kappa shape index (κ1) is 19.2. The molecule has 2 aromatic heterocycles. The Balaban J connectivity index is 1.28. The Morgan fingerprint density at radius 2 is 1.74 bits per heavy atom. The first-order valence-corrected chi connectivity index (χ1v) is 10.00. The number of aromatic nitrogens is 2. The van der Waals surface area contributed by atoms with Gasteiger partial charge in [0.2, 0.25) is 11.8 Å². The Kier molecular flexibility index (Phi) is 4.82. The predicted molar refractivity (Wildman–Crippen MR) is 110 cm³/mol. The van der Waals surface area contributed by atoms with Gasteiger partial charge < -0.3 is 13.7 Å². The van der Waals surface area contributed by atoms with Gasteiger partial charge in [0.05, 0.1) is 0 Å². The highest BCUT2D eigenvalue weighted by molar-refractivity contribution is 5.96. The molecular formula is C23H18FN3O4. The zero-order valence-corrected chi connectivity index (χ0v) is 16.5. The van der Waals surface area contributed by atoms with Crippen LogP contribution in [0.25, 0.3) is 22.4 Å². The van der Waals surface area contributed by atoms with E-state index in [1.807, 2.05) is 6.07 Å². The number of carbonyl (C=O) groups excluding carboxylic acids is 1. The van der Waals surface area contributed by atoms with E-state index in [9.17, 15) is 14.0 Å². The molecule has 5 rings (SSSR count). The number of benzene rings is 2. The molecule has 8 heteroatoms. The monoisotopic (exact) mass is 419 g/mol. The first-order valence-electron chi connectivity index (χ1n) is 10.00. The summed E-state index contributed by atoms with van der Waals surface area (Å²) in [5, 5.41) is 8.90. The van der Waals surface area contributed by atoms with Gasteiger partial charge in [0.15, 0.2) is 0 Å². The van der Waals surface area contributed by atoms with Crippen LogP contribution in [0.15, 0.2) is 68.2 Å². The van der Waals surface area contributed by atoms with Gasteiger partial charge in [-0.05, 0) is 49.2 Å². The van der Waals surface area contributed by atoms with Crippen LogP contribution in [0.2, 0.25) is 0 Å². The lowest BCUT2D eigenvalue weighted by Gasteiger charge is -2.30. The fourth-order valence-electron chi connectivity index (χ4n) is 3.82. The smallest absolute Gasteiger partial charge is 0.349 e. The van der Waals surface area contributed by atoms with Crippen LogP contribution < -0.4 is 5.63 Å². The molecular weight excluding hydrogens is 401 g/mol. The number of hydrogen-bond donors (Lipinski definition) is 0. The normalized spacial score (nSPS) is 14.8. The molecule has 0 spiro atoms. The molecule has 2 aromatic carbocycles. The van der Waals surface area contributed by atoms with Crippen molar-refractivity contribution in [3.63, 3.8) is 0 Å². The summed E-state index contributed by atoms with van der Waals surface area (Å²) in [7, 11) is 0. The minimum atomic E-state index is -0.633. The highest BCUT2D eigenvalue weighted by Gasteiger charge is 2.29. The minimum absolute atomic E-state index is 0.0127. The van der Waals surface area contributed by atoms with Crippen molar-refractivity contribution in [1.29, 1.82) is 0 Å². The van der Waals surface area contributed by atoms with E-state index in [-0.39, 0.29) is 23.2 Å². The number of rotatable bonds is 3. The molecule has 0 radical (unpaired) electrons. The van der Waals surface area contributed by atoms with E-state index in [2.05, 4.69) is 10.2 Å². The van der Waals surface area contributed by atoms with Crippen molar-refractivity contribution < 1.29 is 18.0 Å². The van der Waals surface area contributed by atoms with E-state index < -0.39 is 5.63 Å². The number of nitrogens with zero attached hydrogens (tertiary/aromatic N) is 3. The van der Waals surface area contributed by atoms with Crippen molar-refractivity contribution in [2.45, 2.75) is 18.8 Å². The quantitative estimate of drug-likeness (QED) is 0.466. The fraction of sp³-hybridized carbons (Fsp3) is 0.217. The molecule has 1 amide bonds. The Morgan fingerprint density at radius 3 is 2.52 bits per heavy atom. The standard InChI is InChI=1S/C23H18FN3O4/c24-17-7-5-14(6-8-17)20-25-26-21(31-20)15-9-11-27(12-10-15)22(28)18-13-16-3-1-2-4-19(16)30-23(18)29/h1-8,13,15H,9-12H2. The Labute approximate surface area is 176 Å². The van der Waals surface area contributed by atoms with Gasteiger partial charge in [-0.3, -0.25) is 4.79 Å². The minimum Gasteiger partial charge on any atom is -0.422 e. The molecule has 31 heavy (non-hydrogen) atoms. The second-order valence-corrected chi connectivity index (χ2v) is 7.50. The number of carbonyl (C=O) groups is 1. The third-order valence-corrected chi connectivity index (χ3v) is 5.54. The lowest BCUT2D eigenvalue weighted by Crippen LogP contribution is -2.39. The van der Waals surface area contributed by atoms with Gasteiger partial charge in [-0.15, -0.1) is 10.2 Å². The van der Waals surface area contributed by atoms with Crippen molar-refractivity contribution >= 4 is 16.9 Å². The molecule has 1 aliphatic heterocycles. The van der Waals surface area contributed by atoms with Crippen LogP contribution >= 0.6 is 0 Å². The third kappa shape index (κ3) is 3.72. The second kappa shape index (κ2) is 7.79. The molecule has 0 atom stereocenters. The van der Waals surface area contributed by atoms with Crippen molar-refractivity contribution in [1.82, 2.24) is 15.1 Å². The summed E-state index contributed by atoms with van der Waals surface area (Å²) in [5.74, 6) is 0.175. The number of piperidine rings is 1. The summed E-state index contributed by atoms with van der Waals surface area (Å²) in [5.41, 5.74) is 0.507. The molecule has 156 valence electrons. The highest BCUT2D eigenvalue weighted by Crippen LogP contribution is 2.30. The van der Waals surface area contributed by atoms with Gasteiger partial charge in [-0.2, -0.15) is 0 Å². The molecule has 7 nitrogen and oxygen atoms in total. The lowest BCUT2D eigenvalue weighted by molar-refractivity contribution is 0.0702. The predicted octanol–water partition coefficient (Wildman–Crippen LogP) is 4.00. The molecule has 0 bridgehead atoms. The second-order valence-electron chi connectivity index (χ2n) is 7.50. The Bertz CT molecular complexity index is 1300. The van der Waals surface area contributed by atoms with Crippen LogP contribution in [0.4, 0.5) is 4.39 Å². The fourth-order valence-corrected chi connectivity index (χ4v) is 3.82. The molecule has 3 heterocycles. The summed E-state index contributed by atoms with van der Waals surface area (Å²) in [4.78, 5) is 26.8. The van der Waals surface area contributed by atoms with E-state index in [1.54, 1.807) is 41.3 Å². The van der Waals surface area contributed by atoms with Gasteiger partial charge in [-0.1, -0.05) is 18.2 Å². The van der Waals surface area contributed by atoms with Crippen LogP contribution in [0.3, 0.4) is 0 Å². The van der Waals surface area contributed by atoms with Gasteiger partial charge in [-0.25, -0.2) is 9.18 Å². The number of hydrogen-bond acceptors (Lipinski definition) is 6. The lowest BCUT2D eigenvalue weighted by atomic mass is 9.96. The molecule has 1 aliphatic rings. The highest BCUT2D eigenvalue weighted by atomic mass is 19.1. The van der Waals surface area contributed by atoms with Gasteiger partial charge >= 0.3 is 5.63 Å². The van der Waals surface area contributed by atoms with E-state index >= 15 is 0 Å². The van der Waals surface area contributed by atoms with Crippen molar-refractivity contribution in [2.75, 3.05) is 13.1 Å². The van der Waals surface area contributed by atoms with Crippen molar-refractivity contribution in [3.05, 3.63) is 82.3 Å². The van der Waals surface area contributed by atoms with Crippen LogP contribution in [0.5, 0.6) is 0 Å². The number of fused-ring (bicyclic) bond motifs is 1. The molecule has 0 aliphatic carbocycles. The van der Waals surface area contributed by atoms with E-state index in [4.69, 9.17) is 8.83 Å². The number of likely N-dealkylation sites (tertiary alicyclic amines) is 1. The largest absolute Gasteiger partial charge is 0.422 e. The average molecular weight is 419 g/mol. The SMILES string of the molecule is O=C(c1cc2ccccc2oc1=O)N1CCC(c2nnc(-c3ccc(F)cc3)o2)CC1. The van der Waals surface area contributed by atoms with E-state index in [1.165, 1.54) is 12.1 Å². The molecule has 1 saturated heterocycles. The summed E-state index contributed by atoms with van der Waals surface area (Å²) in [6, 6.07) is 14.5. The maximum Gasteiger partial charge on any atom is 0.349 e. The van der Waals surface area contributed by atoms with Crippen molar-refractivity contribution in [3.8, 4) is 11.5 Å². The average Bonchev–Trinajstić information content (AvgIpc) is 3.29. The Morgan fingerprint density at radius 1 is 1.00 bits per heavy atom. The van der Waals surface area contributed by atoms with E-state index in [0.717, 1.165) is 0 Å². The van der Waals surface area contributed by atoms with Gasteiger partial charge in [0.1, 0.15) is 17.0 Å². The number of amides is 1. The summed E-state index contributed by atoms with van der Waals surface area (Å²) >= 11 is 0. The zero-order valence-electron chi connectivity index (χ0n) is 16.5. The molecule has 0 N–H and O–H groups in total. The number of halogens is 1. The molecule has 0 saturated carbocycles. The van der Waals surface area contributed by atoms with Crippen LogP contribution in [-0.2, 0) is 0 Å². The maximum atomic E-state index is 13.1. The molecule has 1 fully saturated rings. The van der Waals surface area contributed by atoms with Gasteiger partial charge in [0, 0.05) is 30.0 Å². The van der Waals surface area contributed by atoms with Crippen molar-refractivity contribution in [2.24, 2.45) is 0 Å². The summed E-state index contributed by atoms with van der Waals surface area (Å²) in [6.07, 6.45) is 1.27. The van der Waals surface area contributed by atoms with Crippen LogP contribution in [0, 0.1) is 5.82 Å². The molecule has 4 aromatic rings. The summed E-state index contributed by atoms with van der Waals surface area (Å²) < 4.78 is 24.2. The molecule has 0 unspecified atom stereocenters. The maximum absolute atomic E-state index is 13.1. The number of para-hydroxylation sites is 1. The third-order valence-electron chi connectivity index (χ3n) is 5.54. The van der Waals surface area contributed by atoms with E-state index in [0.29, 0.717) is 54.2 Å². The Hall–Kier alpha value is -3.81. The first-order chi connectivity index (χ1) is 15.1. The topological polar surface area (TPSA) is 89.4 Å². The van der Waals surface area contributed by atoms with Gasteiger partial charge in [0.25, 0.3) is 5.91 Å².